The van der Waals surface area contributed by atoms with Gasteiger partial charge in [0.15, 0.2) is 0 Å². The van der Waals surface area contributed by atoms with Crippen LogP contribution in [-0.2, 0) is 0 Å². The molecule has 3 nitrogen and oxygen atoms in total. The summed E-state index contributed by atoms with van der Waals surface area (Å²) in [4.78, 5) is 0. The second kappa shape index (κ2) is 9.22. The van der Waals surface area contributed by atoms with Crippen LogP contribution in [0.15, 0.2) is 18.2 Å². The van der Waals surface area contributed by atoms with E-state index in [4.69, 9.17) is 4.74 Å². The summed E-state index contributed by atoms with van der Waals surface area (Å²) in [6.45, 7) is 11.5. The Bertz CT molecular complexity index is 394. The number of aryl methyl sites for hydroxylation is 1. The highest BCUT2D eigenvalue weighted by molar-refractivity contribution is 5.85. The van der Waals surface area contributed by atoms with Gasteiger partial charge in [0.05, 0.1) is 0 Å². The van der Waals surface area contributed by atoms with E-state index in [2.05, 4.69) is 46.0 Å². The van der Waals surface area contributed by atoms with Gasteiger partial charge in [-0.1, -0.05) is 33.8 Å². The first-order valence-corrected chi connectivity index (χ1v) is 7.05. The maximum Gasteiger partial charge on any atom is 0.119 e. The van der Waals surface area contributed by atoms with Gasteiger partial charge in [0.2, 0.25) is 0 Å². The Balaban J connectivity index is 0.00000361. The van der Waals surface area contributed by atoms with Crippen molar-refractivity contribution < 1.29 is 9.84 Å². The molecule has 20 heavy (non-hydrogen) atoms. The Hall–Kier alpha value is -0.770. The molecule has 1 unspecified atom stereocenters. The second-order valence-electron chi connectivity index (χ2n) is 5.70. The fraction of sp³-hybridized carbons (Fsp3) is 0.625. The number of rotatable bonds is 7. The van der Waals surface area contributed by atoms with Crippen LogP contribution in [0.4, 0.5) is 0 Å². The molecule has 4 heteroatoms. The fourth-order valence-electron chi connectivity index (χ4n) is 2.01. The predicted octanol–water partition coefficient (Wildman–Crippen LogP) is 3.28. The number of aliphatic hydroxyl groups is 1. The molecule has 1 aromatic rings. The van der Waals surface area contributed by atoms with Crippen molar-refractivity contribution >= 4 is 12.4 Å². The van der Waals surface area contributed by atoms with Crippen molar-refractivity contribution in [3.63, 3.8) is 0 Å². The van der Waals surface area contributed by atoms with Gasteiger partial charge in [0.1, 0.15) is 18.5 Å². The molecule has 0 heterocycles. The molecular formula is C16H28ClNO2. The van der Waals surface area contributed by atoms with Crippen LogP contribution < -0.4 is 10.1 Å². The van der Waals surface area contributed by atoms with Gasteiger partial charge in [-0.3, -0.25) is 0 Å². The van der Waals surface area contributed by atoms with Crippen LogP contribution in [-0.4, -0.2) is 30.4 Å². The zero-order chi connectivity index (χ0) is 14.4. The molecule has 0 amide bonds. The average molecular weight is 302 g/mol. The highest BCUT2D eigenvalue weighted by Crippen LogP contribution is 2.23. The monoisotopic (exact) mass is 301 g/mol. The van der Waals surface area contributed by atoms with Crippen molar-refractivity contribution in [2.75, 3.05) is 13.2 Å². The zero-order valence-corrected chi connectivity index (χ0v) is 14.0. The van der Waals surface area contributed by atoms with Crippen molar-refractivity contribution in [1.82, 2.24) is 5.32 Å². The number of hydrogen-bond acceptors (Lipinski definition) is 3. The zero-order valence-electron chi connectivity index (χ0n) is 13.1. The largest absolute Gasteiger partial charge is 0.491 e. The molecule has 0 aliphatic rings. The Kier molecular flexibility index (Phi) is 8.86. The molecule has 0 fully saturated rings. The molecular weight excluding hydrogens is 274 g/mol. The SMILES string of the molecule is Cc1cc(OCC(O)CNC(C)C)ccc1C(C)C.Cl. The summed E-state index contributed by atoms with van der Waals surface area (Å²) in [6, 6.07) is 6.50. The normalized spacial score (nSPS) is 12.4. The third-order valence-electron chi connectivity index (χ3n) is 3.07. The third kappa shape index (κ3) is 6.60. The highest BCUT2D eigenvalue weighted by Gasteiger charge is 2.08. The average Bonchev–Trinajstić information content (AvgIpc) is 2.33. The molecule has 0 bridgehead atoms. The summed E-state index contributed by atoms with van der Waals surface area (Å²) in [5, 5.41) is 13.0. The molecule has 0 saturated heterocycles. The molecule has 0 radical (unpaired) electrons. The number of aliphatic hydroxyl groups excluding tert-OH is 1. The Labute approximate surface area is 129 Å². The molecule has 0 aliphatic carbocycles. The molecule has 1 aromatic carbocycles. The van der Waals surface area contributed by atoms with Crippen molar-refractivity contribution in [3.05, 3.63) is 29.3 Å². The van der Waals surface area contributed by atoms with E-state index in [0.717, 1.165) is 5.75 Å². The van der Waals surface area contributed by atoms with Crippen LogP contribution >= 0.6 is 12.4 Å². The first kappa shape index (κ1) is 19.2. The van der Waals surface area contributed by atoms with Gasteiger partial charge in [0, 0.05) is 12.6 Å². The summed E-state index contributed by atoms with van der Waals surface area (Å²) in [6.07, 6.45) is -0.479. The first-order chi connectivity index (χ1) is 8.90. The number of hydrogen-bond donors (Lipinski definition) is 2. The van der Waals surface area contributed by atoms with E-state index in [-0.39, 0.29) is 12.4 Å². The van der Waals surface area contributed by atoms with E-state index in [1.807, 2.05) is 12.1 Å². The summed E-state index contributed by atoms with van der Waals surface area (Å²) in [5.41, 5.74) is 2.58. The van der Waals surface area contributed by atoms with Gasteiger partial charge in [-0.05, 0) is 36.1 Å². The minimum atomic E-state index is -0.479. The number of halogens is 1. The molecule has 0 saturated carbocycles. The van der Waals surface area contributed by atoms with Crippen LogP contribution in [0.1, 0.15) is 44.7 Å². The van der Waals surface area contributed by atoms with Crippen LogP contribution in [0.3, 0.4) is 0 Å². The van der Waals surface area contributed by atoms with Crippen LogP contribution in [0.5, 0.6) is 5.75 Å². The summed E-state index contributed by atoms with van der Waals surface area (Å²) >= 11 is 0. The highest BCUT2D eigenvalue weighted by atomic mass is 35.5. The van der Waals surface area contributed by atoms with E-state index in [9.17, 15) is 5.11 Å². The van der Waals surface area contributed by atoms with Crippen molar-refractivity contribution in [2.24, 2.45) is 0 Å². The van der Waals surface area contributed by atoms with E-state index in [1.165, 1.54) is 11.1 Å². The van der Waals surface area contributed by atoms with Crippen molar-refractivity contribution in [1.29, 1.82) is 0 Å². The molecule has 2 N–H and O–H groups in total. The summed E-state index contributed by atoms with van der Waals surface area (Å²) < 4.78 is 5.63. The lowest BCUT2D eigenvalue weighted by Crippen LogP contribution is -2.35. The minimum Gasteiger partial charge on any atom is -0.491 e. The second-order valence-corrected chi connectivity index (χ2v) is 5.70. The quantitative estimate of drug-likeness (QED) is 0.812. The lowest BCUT2D eigenvalue weighted by molar-refractivity contribution is 0.104. The molecule has 1 atom stereocenters. The molecule has 0 aromatic heterocycles. The van der Waals surface area contributed by atoms with Gasteiger partial charge in [-0.25, -0.2) is 0 Å². The lowest BCUT2D eigenvalue weighted by Gasteiger charge is -2.16. The minimum absolute atomic E-state index is 0. The third-order valence-corrected chi connectivity index (χ3v) is 3.07. The summed E-state index contributed by atoms with van der Waals surface area (Å²) in [5.74, 6) is 1.35. The first-order valence-electron chi connectivity index (χ1n) is 7.05. The standard InChI is InChI=1S/C16H27NO2.ClH/c1-11(2)16-7-6-15(8-13(16)5)19-10-14(18)9-17-12(3)4;/h6-8,11-12,14,17-18H,9-10H2,1-5H3;1H. The predicted molar refractivity (Wildman–Crippen MR) is 87.2 cm³/mol. The van der Waals surface area contributed by atoms with Gasteiger partial charge >= 0.3 is 0 Å². The molecule has 116 valence electrons. The fourth-order valence-corrected chi connectivity index (χ4v) is 2.01. The Morgan fingerprint density at radius 1 is 1.20 bits per heavy atom. The van der Waals surface area contributed by atoms with Crippen LogP contribution in [0.2, 0.25) is 0 Å². The summed E-state index contributed by atoms with van der Waals surface area (Å²) in [7, 11) is 0. The van der Waals surface area contributed by atoms with Gasteiger partial charge < -0.3 is 15.2 Å². The van der Waals surface area contributed by atoms with E-state index in [1.54, 1.807) is 0 Å². The molecule has 1 rings (SSSR count). The maximum atomic E-state index is 9.78. The molecule has 0 aliphatic heterocycles. The maximum absolute atomic E-state index is 9.78. The Morgan fingerprint density at radius 3 is 2.35 bits per heavy atom. The van der Waals surface area contributed by atoms with Gasteiger partial charge in [0.25, 0.3) is 0 Å². The van der Waals surface area contributed by atoms with E-state index >= 15 is 0 Å². The van der Waals surface area contributed by atoms with Crippen molar-refractivity contribution in [2.45, 2.75) is 52.7 Å². The van der Waals surface area contributed by atoms with Gasteiger partial charge in [-0.2, -0.15) is 0 Å². The number of nitrogens with one attached hydrogen (secondary N) is 1. The number of ether oxygens (including phenoxy) is 1. The van der Waals surface area contributed by atoms with Crippen LogP contribution in [0.25, 0.3) is 0 Å². The van der Waals surface area contributed by atoms with Gasteiger partial charge in [-0.15, -0.1) is 12.4 Å². The van der Waals surface area contributed by atoms with Crippen LogP contribution in [0, 0.1) is 6.92 Å². The smallest absolute Gasteiger partial charge is 0.119 e. The van der Waals surface area contributed by atoms with E-state index in [0.29, 0.717) is 25.1 Å². The Morgan fingerprint density at radius 2 is 1.85 bits per heavy atom. The lowest BCUT2D eigenvalue weighted by atomic mass is 9.98. The van der Waals surface area contributed by atoms with E-state index < -0.39 is 6.10 Å². The molecule has 0 spiro atoms. The topological polar surface area (TPSA) is 41.5 Å². The van der Waals surface area contributed by atoms with Crippen molar-refractivity contribution in [3.8, 4) is 5.75 Å². The number of benzene rings is 1.